The van der Waals surface area contributed by atoms with Crippen LogP contribution in [0.2, 0.25) is 0 Å². The minimum atomic E-state index is -0.216. The number of anilines is 1. The molecule has 0 atom stereocenters. The van der Waals surface area contributed by atoms with Crippen molar-refractivity contribution in [2.45, 2.75) is 13.8 Å². The summed E-state index contributed by atoms with van der Waals surface area (Å²) >= 11 is 0. The minimum Gasteiger partial charge on any atom is -0.496 e. The van der Waals surface area contributed by atoms with Gasteiger partial charge in [0.2, 0.25) is 0 Å². The monoisotopic (exact) mass is 321 g/mol. The van der Waals surface area contributed by atoms with Gasteiger partial charge in [-0.25, -0.2) is 4.68 Å². The average Bonchev–Trinajstić information content (AvgIpc) is 2.90. The average molecular weight is 321 g/mol. The standard InChI is InChI=1S/C19H19N3O2/c1-13-18(14(2)22(21-13)15-9-5-4-6-10-15)20-19(23)16-11-7-8-12-17(16)24-3/h4-12H,1-3H3,(H,20,23). The molecule has 1 heterocycles. The van der Waals surface area contributed by atoms with Gasteiger partial charge in [0.15, 0.2) is 0 Å². The van der Waals surface area contributed by atoms with Crippen molar-refractivity contribution >= 4 is 11.6 Å². The summed E-state index contributed by atoms with van der Waals surface area (Å²) in [6.45, 7) is 3.81. The molecule has 0 aliphatic rings. The molecule has 1 aromatic heterocycles. The summed E-state index contributed by atoms with van der Waals surface area (Å²) in [5, 5.41) is 7.50. The van der Waals surface area contributed by atoms with Gasteiger partial charge in [0, 0.05) is 0 Å². The number of nitrogens with zero attached hydrogens (tertiary/aromatic N) is 2. The summed E-state index contributed by atoms with van der Waals surface area (Å²) in [6.07, 6.45) is 0. The lowest BCUT2D eigenvalue weighted by atomic mass is 10.2. The lowest BCUT2D eigenvalue weighted by Gasteiger charge is -2.10. The molecule has 0 saturated heterocycles. The Morgan fingerprint density at radius 1 is 1.04 bits per heavy atom. The number of methoxy groups -OCH3 is 1. The summed E-state index contributed by atoms with van der Waals surface area (Å²) < 4.78 is 7.08. The molecule has 24 heavy (non-hydrogen) atoms. The summed E-state index contributed by atoms with van der Waals surface area (Å²) in [5.41, 5.74) is 3.80. The summed E-state index contributed by atoms with van der Waals surface area (Å²) in [5.74, 6) is 0.326. The molecule has 3 aromatic rings. The maximum atomic E-state index is 12.6. The van der Waals surface area contributed by atoms with Crippen molar-refractivity contribution in [2.75, 3.05) is 12.4 Å². The first kappa shape index (κ1) is 15.8. The van der Waals surface area contributed by atoms with Crippen LogP contribution in [0.25, 0.3) is 5.69 Å². The van der Waals surface area contributed by atoms with Crippen LogP contribution in [0.15, 0.2) is 54.6 Å². The van der Waals surface area contributed by atoms with Crippen molar-refractivity contribution in [3.05, 3.63) is 71.5 Å². The molecular formula is C19H19N3O2. The Kier molecular flexibility index (Phi) is 4.33. The maximum Gasteiger partial charge on any atom is 0.259 e. The fourth-order valence-corrected chi connectivity index (χ4v) is 2.66. The topological polar surface area (TPSA) is 56.1 Å². The van der Waals surface area contributed by atoms with Crippen molar-refractivity contribution < 1.29 is 9.53 Å². The molecule has 1 N–H and O–H groups in total. The Morgan fingerprint density at radius 3 is 2.42 bits per heavy atom. The van der Waals surface area contributed by atoms with E-state index < -0.39 is 0 Å². The number of rotatable bonds is 4. The molecule has 5 heteroatoms. The number of aromatic nitrogens is 2. The van der Waals surface area contributed by atoms with Crippen molar-refractivity contribution in [1.29, 1.82) is 0 Å². The Labute approximate surface area is 140 Å². The van der Waals surface area contributed by atoms with Crippen LogP contribution in [0.4, 0.5) is 5.69 Å². The van der Waals surface area contributed by atoms with Crippen LogP contribution in [0, 0.1) is 13.8 Å². The lowest BCUT2D eigenvalue weighted by molar-refractivity contribution is 0.102. The zero-order valence-corrected chi connectivity index (χ0v) is 13.9. The van der Waals surface area contributed by atoms with Crippen LogP contribution in [-0.2, 0) is 0 Å². The molecule has 0 saturated carbocycles. The Bertz CT molecular complexity index is 870. The van der Waals surface area contributed by atoms with Gasteiger partial charge in [-0.15, -0.1) is 0 Å². The van der Waals surface area contributed by atoms with Gasteiger partial charge >= 0.3 is 0 Å². The van der Waals surface area contributed by atoms with Crippen molar-refractivity contribution in [3.8, 4) is 11.4 Å². The van der Waals surface area contributed by atoms with Crippen molar-refractivity contribution in [2.24, 2.45) is 0 Å². The van der Waals surface area contributed by atoms with Crippen LogP contribution in [0.3, 0.4) is 0 Å². The number of hydrogen-bond acceptors (Lipinski definition) is 3. The van der Waals surface area contributed by atoms with E-state index in [-0.39, 0.29) is 5.91 Å². The molecular weight excluding hydrogens is 302 g/mol. The smallest absolute Gasteiger partial charge is 0.259 e. The number of amides is 1. The minimum absolute atomic E-state index is 0.216. The number of para-hydroxylation sites is 2. The van der Waals surface area contributed by atoms with E-state index in [1.54, 1.807) is 19.2 Å². The molecule has 0 aliphatic heterocycles. The largest absolute Gasteiger partial charge is 0.496 e. The molecule has 1 amide bonds. The molecule has 5 nitrogen and oxygen atoms in total. The van der Waals surface area contributed by atoms with Gasteiger partial charge < -0.3 is 10.1 Å². The zero-order chi connectivity index (χ0) is 17.1. The molecule has 0 bridgehead atoms. The highest BCUT2D eigenvalue weighted by Crippen LogP contribution is 2.25. The van der Waals surface area contributed by atoms with Crippen molar-refractivity contribution in [3.63, 3.8) is 0 Å². The van der Waals surface area contributed by atoms with Gasteiger partial charge in [-0.2, -0.15) is 5.10 Å². The number of aryl methyl sites for hydroxylation is 1. The zero-order valence-electron chi connectivity index (χ0n) is 13.9. The van der Waals surface area contributed by atoms with Crippen LogP contribution in [0.1, 0.15) is 21.7 Å². The van der Waals surface area contributed by atoms with Crippen LogP contribution in [-0.4, -0.2) is 22.8 Å². The predicted molar refractivity (Wildman–Crippen MR) is 94.0 cm³/mol. The second kappa shape index (κ2) is 6.58. The molecule has 0 aliphatic carbocycles. The third-order valence-corrected chi connectivity index (χ3v) is 3.88. The van der Waals surface area contributed by atoms with Crippen LogP contribution < -0.4 is 10.1 Å². The second-order valence-electron chi connectivity index (χ2n) is 5.45. The van der Waals surface area contributed by atoms with Gasteiger partial charge in [0.25, 0.3) is 5.91 Å². The van der Waals surface area contributed by atoms with Gasteiger partial charge in [0.05, 0.1) is 35.4 Å². The van der Waals surface area contributed by atoms with E-state index >= 15 is 0 Å². The third kappa shape index (κ3) is 2.88. The number of benzene rings is 2. The molecule has 2 aromatic carbocycles. The third-order valence-electron chi connectivity index (χ3n) is 3.88. The Hall–Kier alpha value is -3.08. The maximum absolute atomic E-state index is 12.6. The van der Waals surface area contributed by atoms with Crippen LogP contribution >= 0.6 is 0 Å². The van der Waals surface area contributed by atoms with E-state index in [2.05, 4.69) is 10.4 Å². The molecule has 0 unspecified atom stereocenters. The van der Waals surface area contributed by atoms with Gasteiger partial charge in [-0.1, -0.05) is 30.3 Å². The fraction of sp³-hybridized carbons (Fsp3) is 0.158. The van der Waals surface area contributed by atoms with E-state index in [0.29, 0.717) is 11.3 Å². The molecule has 0 fully saturated rings. The summed E-state index contributed by atoms with van der Waals surface area (Å²) in [4.78, 5) is 12.6. The fourth-order valence-electron chi connectivity index (χ4n) is 2.66. The summed E-state index contributed by atoms with van der Waals surface area (Å²) in [7, 11) is 1.55. The van der Waals surface area contributed by atoms with Gasteiger partial charge in [0.1, 0.15) is 5.75 Å². The van der Waals surface area contributed by atoms with Gasteiger partial charge in [-0.3, -0.25) is 4.79 Å². The number of hydrogen-bond donors (Lipinski definition) is 1. The van der Waals surface area contributed by atoms with E-state index in [1.165, 1.54) is 0 Å². The van der Waals surface area contributed by atoms with Gasteiger partial charge in [-0.05, 0) is 38.1 Å². The molecule has 122 valence electrons. The highest BCUT2D eigenvalue weighted by Gasteiger charge is 2.18. The van der Waals surface area contributed by atoms with Crippen molar-refractivity contribution in [1.82, 2.24) is 9.78 Å². The molecule has 3 rings (SSSR count). The predicted octanol–water partition coefficient (Wildman–Crippen LogP) is 3.75. The number of carbonyl (C=O) groups excluding carboxylic acids is 1. The number of ether oxygens (including phenoxy) is 1. The number of carbonyl (C=O) groups is 1. The molecule has 0 spiro atoms. The molecule has 0 radical (unpaired) electrons. The summed E-state index contributed by atoms with van der Waals surface area (Å²) in [6, 6.07) is 17.0. The Balaban J connectivity index is 1.94. The first-order chi connectivity index (χ1) is 11.6. The first-order valence-corrected chi connectivity index (χ1v) is 7.68. The quantitative estimate of drug-likeness (QED) is 0.796. The van der Waals surface area contributed by atoms with E-state index in [9.17, 15) is 4.79 Å². The second-order valence-corrected chi connectivity index (χ2v) is 5.45. The van der Waals surface area contributed by atoms with E-state index in [0.717, 1.165) is 22.8 Å². The van der Waals surface area contributed by atoms with Crippen LogP contribution in [0.5, 0.6) is 5.75 Å². The first-order valence-electron chi connectivity index (χ1n) is 7.68. The highest BCUT2D eigenvalue weighted by atomic mass is 16.5. The number of nitrogens with one attached hydrogen (secondary N) is 1. The van der Waals surface area contributed by atoms with E-state index in [4.69, 9.17) is 4.74 Å². The van der Waals surface area contributed by atoms with E-state index in [1.807, 2.05) is 61.0 Å². The SMILES string of the molecule is COc1ccccc1C(=O)Nc1c(C)nn(-c2ccccc2)c1C. The Morgan fingerprint density at radius 2 is 1.71 bits per heavy atom. The normalized spacial score (nSPS) is 10.5. The lowest BCUT2D eigenvalue weighted by Crippen LogP contribution is -2.14. The highest BCUT2D eigenvalue weighted by molar-refractivity contribution is 6.06.